The van der Waals surface area contributed by atoms with Gasteiger partial charge in [-0.05, 0) is 49.4 Å². The van der Waals surface area contributed by atoms with E-state index in [1.165, 1.54) is 18.2 Å². The van der Waals surface area contributed by atoms with E-state index >= 15 is 0 Å². The summed E-state index contributed by atoms with van der Waals surface area (Å²) in [5.41, 5.74) is 0.801. The lowest BCUT2D eigenvalue weighted by Crippen LogP contribution is -2.40. The molecule has 0 unspecified atom stereocenters. The van der Waals surface area contributed by atoms with Crippen LogP contribution < -0.4 is 14.8 Å². The van der Waals surface area contributed by atoms with Crippen LogP contribution in [0.2, 0.25) is 0 Å². The summed E-state index contributed by atoms with van der Waals surface area (Å²) in [6.45, 7) is 3.86. The highest BCUT2D eigenvalue weighted by atomic mass is 19.1. The van der Waals surface area contributed by atoms with Crippen molar-refractivity contribution in [3.8, 4) is 17.6 Å². The number of benzene rings is 2. The fourth-order valence-corrected chi connectivity index (χ4v) is 2.47. The second kappa shape index (κ2) is 10.8. The Kier molecular flexibility index (Phi) is 8.10. The van der Waals surface area contributed by atoms with Gasteiger partial charge in [-0.2, -0.15) is 5.26 Å². The van der Waals surface area contributed by atoms with Crippen LogP contribution in [0.4, 0.5) is 4.39 Å². The van der Waals surface area contributed by atoms with Crippen LogP contribution in [-0.4, -0.2) is 44.7 Å². The lowest BCUT2D eigenvalue weighted by molar-refractivity contribution is 0.281. The van der Waals surface area contributed by atoms with E-state index in [-0.39, 0.29) is 12.4 Å². The molecule has 148 valence electrons. The number of hydrogen-bond donors (Lipinski definition) is 1. The average Bonchev–Trinajstić information content (AvgIpc) is 2.72. The van der Waals surface area contributed by atoms with E-state index in [0.29, 0.717) is 36.8 Å². The summed E-state index contributed by atoms with van der Waals surface area (Å²) in [4.78, 5) is 6.39. The summed E-state index contributed by atoms with van der Waals surface area (Å²) in [6, 6.07) is 13.7. The van der Waals surface area contributed by atoms with Crippen molar-refractivity contribution in [1.82, 2.24) is 10.2 Å². The number of halogens is 1. The van der Waals surface area contributed by atoms with Gasteiger partial charge in [0.15, 0.2) is 5.96 Å². The van der Waals surface area contributed by atoms with Crippen LogP contribution in [-0.2, 0) is 6.54 Å². The molecule has 0 aromatic heterocycles. The van der Waals surface area contributed by atoms with Gasteiger partial charge in [0.05, 0.1) is 31.8 Å². The second-order valence-corrected chi connectivity index (χ2v) is 6.03. The molecule has 2 aromatic carbocycles. The number of hydrogen-bond acceptors (Lipinski definition) is 4. The molecule has 28 heavy (non-hydrogen) atoms. The van der Waals surface area contributed by atoms with Gasteiger partial charge in [0.2, 0.25) is 0 Å². The second-order valence-electron chi connectivity index (χ2n) is 6.03. The molecule has 2 aromatic rings. The van der Waals surface area contributed by atoms with Gasteiger partial charge in [0.1, 0.15) is 23.9 Å². The predicted octanol–water partition coefficient (Wildman–Crippen LogP) is 3.18. The third-order valence-corrected chi connectivity index (χ3v) is 4.03. The Morgan fingerprint density at radius 3 is 2.57 bits per heavy atom. The minimum atomic E-state index is -0.371. The van der Waals surface area contributed by atoms with Crippen LogP contribution in [0.25, 0.3) is 0 Å². The highest BCUT2D eigenvalue weighted by Crippen LogP contribution is 2.17. The van der Waals surface area contributed by atoms with Crippen LogP contribution >= 0.6 is 0 Å². The largest absolute Gasteiger partial charge is 0.497 e. The Morgan fingerprint density at radius 2 is 1.93 bits per heavy atom. The van der Waals surface area contributed by atoms with E-state index in [1.807, 2.05) is 49.2 Å². The fourth-order valence-electron chi connectivity index (χ4n) is 2.47. The van der Waals surface area contributed by atoms with Crippen LogP contribution in [0, 0.1) is 17.1 Å². The molecule has 0 fully saturated rings. The first kappa shape index (κ1) is 21.0. The lowest BCUT2D eigenvalue weighted by Gasteiger charge is -2.22. The van der Waals surface area contributed by atoms with Gasteiger partial charge in [0, 0.05) is 19.2 Å². The van der Waals surface area contributed by atoms with Crippen molar-refractivity contribution in [3.63, 3.8) is 0 Å². The summed E-state index contributed by atoms with van der Waals surface area (Å²) in [6.07, 6.45) is 0. The van der Waals surface area contributed by atoms with Crippen molar-refractivity contribution < 1.29 is 13.9 Å². The summed E-state index contributed by atoms with van der Waals surface area (Å²) in [5.74, 6) is 1.80. The maximum absolute atomic E-state index is 13.9. The van der Waals surface area contributed by atoms with E-state index in [2.05, 4.69) is 10.3 Å². The topological polar surface area (TPSA) is 69.9 Å². The molecule has 0 bridgehead atoms. The maximum atomic E-state index is 13.9. The van der Waals surface area contributed by atoms with Crippen molar-refractivity contribution in [2.75, 3.05) is 33.9 Å². The first-order chi connectivity index (χ1) is 13.6. The van der Waals surface area contributed by atoms with Gasteiger partial charge in [-0.25, -0.2) is 9.38 Å². The smallest absolute Gasteiger partial charge is 0.194 e. The van der Waals surface area contributed by atoms with Crippen molar-refractivity contribution in [3.05, 3.63) is 59.4 Å². The predicted molar refractivity (Wildman–Crippen MR) is 107 cm³/mol. The normalized spacial score (nSPS) is 10.9. The molecule has 0 saturated heterocycles. The zero-order chi connectivity index (χ0) is 20.4. The minimum absolute atomic E-state index is 0.146. The molecule has 6 nitrogen and oxygen atoms in total. The molecule has 0 aliphatic heterocycles. The lowest BCUT2D eigenvalue weighted by atomic mass is 10.1. The zero-order valence-corrected chi connectivity index (χ0v) is 16.4. The standard InChI is InChI=1S/C21H25FN4O2/c1-4-24-21(25-15-17-13-16(14-23)5-10-20(17)22)26(2)11-12-28-19-8-6-18(27-3)7-9-19/h5-10,13H,4,11-12,15H2,1-3H3,(H,24,25). The Labute approximate surface area is 165 Å². The summed E-state index contributed by atoms with van der Waals surface area (Å²) in [5, 5.41) is 12.2. The van der Waals surface area contributed by atoms with Gasteiger partial charge in [0.25, 0.3) is 0 Å². The van der Waals surface area contributed by atoms with Crippen LogP contribution in [0.15, 0.2) is 47.5 Å². The first-order valence-electron chi connectivity index (χ1n) is 9.02. The number of nitrogens with zero attached hydrogens (tertiary/aromatic N) is 3. The van der Waals surface area contributed by atoms with Gasteiger partial charge < -0.3 is 19.7 Å². The van der Waals surface area contributed by atoms with Gasteiger partial charge in [-0.3, -0.25) is 0 Å². The third-order valence-electron chi connectivity index (χ3n) is 4.03. The van der Waals surface area contributed by atoms with E-state index in [9.17, 15) is 4.39 Å². The van der Waals surface area contributed by atoms with Crippen LogP contribution in [0.3, 0.4) is 0 Å². The van der Waals surface area contributed by atoms with Crippen LogP contribution in [0.1, 0.15) is 18.1 Å². The Bertz CT molecular complexity index is 831. The number of nitrogens with one attached hydrogen (secondary N) is 1. The molecule has 1 N–H and O–H groups in total. The highest BCUT2D eigenvalue weighted by Gasteiger charge is 2.08. The number of guanidine groups is 1. The van der Waals surface area contributed by atoms with Crippen molar-refractivity contribution in [2.24, 2.45) is 4.99 Å². The van der Waals surface area contributed by atoms with E-state index in [0.717, 1.165) is 11.5 Å². The molecule has 0 saturated carbocycles. The Hall–Kier alpha value is -3.27. The molecular weight excluding hydrogens is 359 g/mol. The number of likely N-dealkylation sites (N-methyl/N-ethyl adjacent to an activating group) is 1. The Balaban J connectivity index is 1.95. The minimum Gasteiger partial charge on any atom is -0.497 e. The highest BCUT2D eigenvalue weighted by molar-refractivity contribution is 5.79. The third kappa shape index (κ3) is 6.16. The first-order valence-corrected chi connectivity index (χ1v) is 9.02. The molecular formula is C21H25FN4O2. The summed E-state index contributed by atoms with van der Waals surface area (Å²) < 4.78 is 24.8. The molecule has 2 rings (SSSR count). The number of methoxy groups -OCH3 is 1. The zero-order valence-electron chi connectivity index (χ0n) is 16.4. The van der Waals surface area contributed by atoms with E-state index < -0.39 is 0 Å². The van der Waals surface area contributed by atoms with Crippen molar-refractivity contribution in [1.29, 1.82) is 5.26 Å². The number of ether oxygens (including phenoxy) is 2. The Morgan fingerprint density at radius 1 is 1.21 bits per heavy atom. The van der Waals surface area contributed by atoms with E-state index in [4.69, 9.17) is 14.7 Å². The molecule has 0 aliphatic rings. The van der Waals surface area contributed by atoms with E-state index in [1.54, 1.807) is 7.11 Å². The molecule has 0 atom stereocenters. The monoisotopic (exact) mass is 384 g/mol. The molecule has 0 spiro atoms. The van der Waals surface area contributed by atoms with Gasteiger partial charge in [-0.15, -0.1) is 0 Å². The average molecular weight is 384 g/mol. The molecule has 0 aliphatic carbocycles. The SMILES string of the molecule is CCNC(=NCc1cc(C#N)ccc1F)N(C)CCOc1ccc(OC)cc1. The number of aliphatic imine (C=N–C) groups is 1. The quantitative estimate of drug-likeness (QED) is 0.559. The van der Waals surface area contributed by atoms with Crippen LogP contribution in [0.5, 0.6) is 11.5 Å². The van der Waals surface area contributed by atoms with Crippen molar-refractivity contribution >= 4 is 5.96 Å². The van der Waals surface area contributed by atoms with Crippen molar-refractivity contribution in [2.45, 2.75) is 13.5 Å². The van der Waals surface area contributed by atoms with Gasteiger partial charge in [-0.1, -0.05) is 0 Å². The number of nitriles is 1. The maximum Gasteiger partial charge on any atom is 0.194 e. The summed E-state index contributed by atoms with van der Waals surface area (Å²) >= 11 is 0. The molecule has 0 heterocycles. The number of rotatable bonds is 8. The summed E-state index contributed by atoms with van der Waals surface area (Å²) in [7, 11) is 3.51. The molecule has 7 heteroatoms. The van der Waals surface area contributed by atoms with Gasteiger partial charge >= 0.3 is 0 Å². The molecule has 0 radical (unpaired) electrons. The molecule has 0 amide bonds. The fraction of sp³-hybridized carbons (Fsp3) is 0.333.